The summed E-state index contributed by atoms with van der Waals surface area (Å²) >= 11 is 0. The molecule has 0 radical (unpaired) electrons. The number of hydrogen-bond donors (Lipinski definition) is 0. The van der Waals surface area contributed by atoms with Gasteiger partial charge in [-0.3, -0.25) is 0 Å². The van der Waals surface area contributed by atoms with E-state index in [4.69, 9.17) is 4.84 Å². The molecule has 0 bridgehead atoms. The average molecular weight is 217 g/mol. The van der Waals surface area contributed by atoms with Crippen molar-refractivity contribution in [3.63, 3.8) is 0 Å². The number of benzene rings is 1. The molecule has 0 saturated carbocycles. The molecule has 2 rings (SSSR count). The van der Waals surface area contributed by atoms with Gasteiger partial charge in [-0.1, -0.05) is 37.2 Å². The van der Waals surface area contributed by atoms with Crippen LogP contribution in [0, 0.1) is 0 Å². The summed E-state index contributed by atoms with van der Waals surface area (Å²) in [7, 11) is 1.61. The third-order valence-corrected chi connectivity index (χ3v) is 3.17. The minimum absolute atomic E-state index is 0.593. The Hall–Kier alpha value is -1.31. The lowest BCUT2D eigenvalue weighted by Crippen LogP contribution is -2.12. The van der Waals surface area contributed by atoms with Gasteiger partial charge < -0.3 is 4.84 Å². The maximum Gasteiger partial charge on any atom is 0.106 e. The van der Waals surface area contributed by atoms with E-state index in [2.05, 4.69) is 37.2 Å². The molecule has 1 aliphatic rings. The Balaban J connectivity index is 2.41. The number of hydrogen-bond acceptors (Lipinski definition) is 2. The lowest BCUT2D eigenvalue weighted by atomic mass is 9.87. The van der Waals surface area contributed by atoms with Crippen LogP contribution in [0.4, 0.5) is 0 Å². The zero-order valence-corrected chi connectivity index (χ0v) is 10.3. The summed E-state index contributed by atoms with van der Waals surface area (Å²) in [5, 5.41) is 4.12. The van der Waals surface area contributed by atoms with Crippen LogP contribution >= 0.6 is 0 Å². The summed E-state index contributed by atoms with van der Waals surface area (Å²) < 4.78 is 0. The summed E-state index contributed by atoms with van der Waals surface area (Å²) in [6, 6.07) is 6.73. The molecule has 2 heteroatoms. The Morgan fingerprint density at radius 3 is 2.75 bits per heavy atom. The predicted octanol–water partition coefficient (Wildman–Crippen LogP) is 3.50. The highest BCUT2D eigenvalue weighted by molar-refractivity contribution is 6.02. The molecule has 0 aromatic heterocycles. The molecule has 0 atom stereocenters. The third-order valence-electron chi connectivity index (χ3n) is 3.17. The van der Waals surface area contributed by atoms with Crippen LogP contribution in [0.15, 0.2) is 23.4 Å². The second-order valence-electron chi connectivity index (χ2n) is 4.65. The van der Waals surface area contributed by atoms with E-state index in [1.807, 2.05) is 0 Å². The first kappa shape index (κ1) is 11.2. The van der Waals surface area contributed by atoms with Gasteiger partial charge in [-0.05, 0) is 36.3 Å². The van der Waals surface area contributed by atoms with Crippen molar-refractivity contribution in [3.05, 3.63) is 34.9 Å². The molecule has 86 valence electrons. The van der Waals surface area contributed by atoms with Crippen LogP contribution in [-0.4, -0.2) is 12.8 Å². The number of aryl methyl sites for hydroxylation is 1. The van der Waals surface area contributed by atoms with Crippen molar-refractivity contribution in [1.29, 1.82) is 0 Å². The Bertz CT molecular complexity index is 407. The smallest absolute Gasteiger partial charge is 0.106 e. The molecule has 0 heterocycles. The monoisotopic (exact) mass is 217 g/mol. The molecule has 0 aliphatic heterocycles. The maximum atomic E-state index is 4.90. The fraction of sp³-hybridized carbons (Fsp3) is 0.500. The van der Waals surface area contributed by atoms with Gasteiger partial charge in [0.2, 0.25) is 0 Å². The van der Waals surface area contributed by atoms with E-state index < -0.39 is 0 Å². The number of fused-ring (bicyclic) bond motifs is 1. The Labute approximate surface area is 97.3 Å². The van der Waals surface area contributed by atoms with Gasteiger partial charge in [0, 0.05) is 5.56 Å². The average Bonchev–Trinajstić information content (AvgIpc) is 2.29. The van der Waals surface area contributed by atoms with Gasteiger partial charge >= 0.3 is 0 Å². The highest BCUT2D eigenvalue weighted by Crippen LogP contribution is 2.25. The van der Waals surface area contributed by atoms with E-state index in [9.17, 15) is 0 Å². The first-order chi connectivity index (χ1) is 7.72. The molecule has 1 aliphatic carbocycles. The lowest BCUT2D eigenvalue weighted by Gasteiger charge is -2.19. The van der Waals surface area contributed by atoms with Crippen LogP contribution in [-0.2, 0) is 11.3 Å². The summed E-state index contributed by atoms with van der Waals surface area (Å²) in [5.41, 5.74) is 5.21. The van der Waals surface area contributed by atoms with E-state index in [-0.39, 0.29) is 0 Å². The van der Waals surface area contributed by atoms with Gasteiger partial charge in [0.15, 0.2) is 0 Å². The van der Waals surface area contributed by atoms with Crippen LogP contribution in [0.3, 0.4) is 0 Å². The minimum Gasteiger partial charge on any atom is -0.399 e. The van der Waals surface area contributed by atoms with Crippen molar-refractivity contribution in [2.75, 3.05) is 7.11 Å². The van der Waals surface area contributed by atoms with Crippen LogP contribution in [0.2, 0.25) is 0 Å². The van der Waals surface area contributed by atoms with Crippen LogP contribution in [0.1, 0.15) is 49.3 Å². The molecular formula is C14H19NO. The Morgan fingerprint density at radius 1 is 1.25 bits per heavy atom. The Morgan fingerprint density at radius 2 is 2.06 bits per heavy atom. The van der Waals surface area contributed by atoms with E-state index in [0.717, 1.165) is 12.1 Å². The van der Waals surface area contributed by atoms with Gasteiger partial charge in [0.1, 0.15) is 7.11 Å². The number of oxime groups is 1. The molecule has 0 saturated heterocycles. The van der Waals surface area contributed by atoms with Crippen molar-refractivity contribution >= 4 is 5.71 Å². The summed E-state index contributed by atoms with van der Waals surface area (Å²) in [5.74, 6) is 0.593. The fourth-order valence-electron chi connectivity index (χ4n) is 2.25. The third kappa shape index (κ3) is 2.11. The second-order valence-corrected chi connectivity index (χ2v) is 4.65. The van der Waals surface area contributed by atoms with Crippen molar-refractivity contribution in [3.8, 4) is 0 Å². The van der Waals surface area contributed by atoms with Gasteiger partial charge in [0.05, 0.1) is 5.71 Å². The van der Waals surface area contributed by atoms with Gasteiger partial charge in [0.25, 0.3) is 0 Å². The van der Waals surface area contributed by atoms with E-state index >= 15 is 0 Å². The summed E-state index contributed by atoms with van der Waals surface area (Å²) in [6.45, 7) is 4.46. The molecule has 1 aromatic rings. The number of nitrogens with zero attached hydrogens (tertiary/aromatic N) is 1. The van der Waals surface area contributed by atoms with Gasteiger partial charge in [-0.15, -0.1) is 0 Å². The van der Waals surface area contributed by atoms with Gasteiger partial charge in [-0.2, -0.15) is 0 Å². The summed E-state index contributed by atoms with van der Waals surface area (Å²) in [6.07, 6.45) is 3.37. The molecular weight excluding hydrogens is 198 g/mol. The molecule has 0 spiro atoms. The highest BCUT2D eigenvalue weighted by atomic mass is 16.6. The van der Waals surface area contributed by atoms with Gasteiger partial charge in [-0.25, -0.2) is 0 Å². The van der Waals surface area contributed by atoms with E-state index in [1.54, 1.807) is 7.11 Å². The number of rotatable bonds is 2. The molecule has 0 fully saturated rings. The van der Waals surface area contributed by atoms with E-state index in [1.165, 1.54) is 29.5 Å². The highest BCUT2D eigenvalue weighted by Gasteiger charge is 2.16. The molecule has 0 N–H and O–H groups in total. The molecule has 0 unspecified atom stereocenters. The SMILES string of the molecule is CO/N=C1\CCCc2cc(C(C)C)ccc21. The van der Waals surface area contributed by atoms with E-state index in [0.29, 0.717) is 5.92 Å². The maximum absolute atomic E-state index is 4.90. The lowest BCUT2D eigenvalue weighted by molar-refractivity contribution is 0.212. The summed E-state index contributed by atoms with van der Waals surface area (Å²) in [4.78, 5) is 4.90. The fourth-order valence-corrected chi connectivity index (χ4v) is 2.25. The van der Waals surface area contributed by atoms with Crippen molar-refractivity contribution in [2.45, 2.75) is 39.0 Å². The predicted molar refractivity (Wildman–Crippen MR) is 67.0 cm³/mol. The molecule has 2 nitrogen and oxygen atoms in total. The quantitative estimate of drug-likeness (QED) is 0.695. The zero-order valence-electron chi connectivity index (χ0n) is 10.3. The topological polar surface area (TPSA) is 21.6 Å². The van der Waals surface area contributed by atoms with Crippen molar-refractivity contribution < 1.29 is 4.84 Å². The largest absolute Gasteiger partial charge is 0.399 e. The Kier molecular flexibility index (Phi) is 3.28. The second kappa shape index (κ2) is 4.69. The molecule has 16 heavy (non-hydrogen) atoms. The zero-order chi connectivity index (χ0) is 11.5. The molecule has 1 aromatic carbocycles. The first-order valence-corrected chi connectivity index (χ1v) is 5.95. The normalized spacial score (nSPS) is 17.6. The van der Waals surface area contributed by atoms with Crippen LogP contribution in [0.25, 0.3) is 0 Å². The minimum atomic E-state index is 0.593. The van der Waals surface area contributed by atoms with Crippen LogP contribution in [0.5, 0.6) is 0 Å². The van der Waals surface area contributed by atoms with Crippen molar-refractivity contribution in [2.24, 2.45) is 5.16 Å². The van der Waals surface area contributed by atoms with Crippen molar-refractivity contribution in [1.82, 2.24) is 0 Å². The first-order valence-electron chi connectivity index (χ1n) is 5.95. The van der Waals surface area contributed by atoms with Crippen LogP contribution < -0.4 is 0 Å². The standard InChI is InChI=1S/C14H19NO/c1-10(2)11-7-8-13-12(9-11)5-4-6-14(13)15-16-3/h7-10H,4-6H2,1-3H3/b15-14+. The molecule has 0 amide bonds.